The van der Waals surface area contributed by atoms with E-state index in [-0.39, 0.29) is 23.6 Å². The molecule has 5 heteroatoms. The minimum atomic E-state index is -0.605. The topological polar surface area (TPSA) is 85.3 Å². The average molecular weight is 310 g/mol. The third-order valence-electron chi connectivity index (χ3n) is 3.57. The Hall–Kier alpha value is -3.00. The van der Waals surface area contributed by atoms with Crippen LogP contribution in [-0.4, -0.2) is 12.6 Å². The van der Waals surface area contributed by atoms with Gasteiger partial charge >= 0.3 is 5.97 Å². The maximum atomic E-state index is 12.4. The van der Waals surface area contributed by atoms with Crippen molar-refractivity contribution in [2.45, 2.75) is 19.8 Å². The van der Waals surface area contributed by atoms with E-state index >= 15 is 0 Å². The Labute approximate surface area is 135 Å². The molecular formula is C18H18N2O3. The van der Waals surface area contributed by atoms with E-state index in [0.717, 1.165) is 11.1 Å². The molecule has 0 aliphatic carbocycles. The minimum Gasteiger partial charge on any atom is -0.458 e. The van der Waals surface area contributed by atoms with Crippen molar-refractivity contribution in [1.82, 2.24) is 0 Å². The highest BCUT2D eigenvalue weighted by Gasteiger charge is 2.36. The Morgan fingerprint density at radius 2 is 2.09 bits per heavy atom. The summed E-state index contributed by atoms with van der Waals surface area (Å²) in [6.07, 6.45) is 1.48. The highest BCUT2D eigenvalue weighted by atomic mass is 16.5. The third kappa shape index (κ3) is 3.27. The molecule has 2 N–H and O–H groups in total. The largest absolute Gasteiger partial charge is 0.458 e. The van der Waals surface area contributed by atoms with E-state index in [1.807, 2.05) is 37.3 Å². The first-order valence-electron chi connectivity index (χ1n) is 7.12. The van der Waals surface area contributed by atoms with E-state index in [2.05, 4.69) is 6.58 Å². The molecule has 5 nitrogen and oxygen atoms in total. The van der Waals surface area contributed by atoms with Crippen LogP contribution in [0.2, 0.25) is 0 Å². The molecular weight excluding hydrogens is 292 g/mol. The molecule has 1 aliphatic rings. The lowest BCUT2D eigenvalue weighted by Gasteiger charge is -2.26. The van der Waals surface area contributed by atoms with Crippen molar-refractivity contribution < 1.29 is 14.3 Å². The number of aryl methyl sites for hydroxylation is 1. The molecule has 0 unspecified atom stereocenters. The van der Waals surface area contributed by atoms with Gasteiger partial charge in [-0.25, -0.2) is 4.79 Å². The van der Waals surface area contributed by atoms with Gasteiger partial charge in [0.15, 0.2) is 0 Å². The first-order valence-corrected chi connectivity index (χ1v) is 7.12. The van der Waals surface area contributed by atoms with Crippen LogP contribution in [0.5, 0.6) is 0 Å². The van der Waals surface area contributed by atoms with Crippen molar-refractivity contribution >= 4 is 5.97 Å². The fourth-order valence-corrected chi connectivity index (χ4v) is 2.45. The van der Waals surface area contributed by atoms with Crippen molar-refractivity contribution in [2.75, 3.05) is 6.61 Å². The number of nitrogens with zero attached hydrogens (tertiary/aromatic N) is 1. The molecule has 1 heterocycles. The van der Waals surface area contributed by atoms with Gasteiger partial charge in [0.05, 0.1) is 11.5 Å². The zero-order valence-electron chi connectivity index (χ0n) is 13.1. The average Bonchev–Trinajstić information content (AvgIpc) is 2.52. The highest BCUT2D eigenvalue weighted by Crippen LogP contribution is 2.39. The van der Waals surface area contributed by atoms with E-state index in [1.54, 1.807) is 6.92 Å². The summed E-state index contributed by atoms with van der Waals surface area (Å²) in [6.45, 7) is 7.19. The summed E-state index contributed by atoms with van der Waals surface area (Å²) in [5, 5.41) is 9.45. The molecule has 23 heavy (non-hydrogen) atoms. The Balaban J connectivity index is 2.54. The van der Waals surface area contributed by atoms with Gasteiger partial charge in [0.2, 0.25) is 5.88 Å². The number of esters is 1. The van der Waals surface area contributed by atoms with Crippen molar-refractivity contribution in [1.29, 1.82) is 5.26 Å². The van der Waals surface area contributed by atoms with Crippen molar-refractivity contribution in [3.63, 3.8) is 0 Å². The summed E-state index contributed by atoms with van der Waals surface area (Å²) in [7, 11) is 0. The maximum Gasteiger partial charge on any atom is 0.338 e. The van der Waals surface area contributed by atoms with Gasteiger partial charge in [-0.15, -0.1) is 0 Å². The van der Waals surface area contributed by atoms with Gasteiger partial charge in [0.25, 0.3) is 0 Å². The summed E-state index contributed by atoms with van der Waals surface area (Å²) in [5.41, 5.74) is 8.17. The van der Waals surface area contributed by atoms with Gasteiger partial charge in [-0.1, -0.05) is 42.5 Å². The lowest BCUT2D eigenvalue weighted by molar-refractivity contribution is -0.138. The van der Waals surface area contributed by atoms with Crippen LogP contribution in [0, 0.1) is 18.3 Å². The summed E-state index contributed by atoms with van der Waals surface area (Å²) < 4.78 is 10.5. The van der Waals surface area contributed by atoms with Crippen molar-refractivity contribution in [3.05, 3.63) is 70.8 Å². The number of ether oxygens (including phenoxy) is 2. The third-order valence-corrected chi connectivity index (χ3v) is 3.57. The Morgan fingerprint density at radius 1 is 1.43 bits per heavy atom. The van der Waals surface area contributed by atoms with Gasteiger partial charge in [-0.2, -0.15) is 5.26 Å². The smallest absolute Gasteiger partial charge is 0.338 e. The molecule has 1 atom stereocenters. The van der Waals surface area contributed by atoms with Crippen LogP contribution in [-0.2, 0) is 14.3 Å². The van der Waals surface area contributed by atoms with Crippen LogP contribution in [0.25, 0.3) is 0 Å². The summed E-state index contributed by atoms with van der Waals surface area (Å²) in [6, 6.07) is 9.61. The number of hydrogen-bond donors (Lipinski definition) is 1. The second-order valence-electron chi connectivity index (χ2n) is 5.19. The molecule has 1 aromatic rings. The molecule has 0 amide bonds. The number of benzene rings is 1. The van der Waals surface area contributed by atoms with E-state index in [0.29, 0.717) is 5.76 Å². The van der Waals surface area contributed by atoms with E-state index in [1.165, 1.54) is 6.08 Å². The van der Waals surface area contributed by atoms with Gasteiger partial charge in [0, 0.05) is 0 Å². The van der Waals surface area contributed by atoms with Crippen LogP contribution in [0.4, 0.5) is 0 Å². The van der Waals surface area contributed by atoms with Crippen LogP contribution >= 0.6 is 0 Å². The number of carbonyl (C=O) groups excluding carboxylic acids is 1. The normalized spacial score (nSPS) is 17.3. The van der Waals surface area contributed by atoms with Crippen molar-refractivity contribution in [3.8, 4) is 6.07 Å². The number of rotatable bonds is 4. The molecule has 1 aliphatic heterocycles. The zero-order valence-corrected chi connectivity index (χ0v) is 13.1. The number of nitriles is 1. The molecule has 0 saturated carbocycles. The van der Waals surface area contributed by atoms with Crippen LogP contribution in [0.15, 0.2) is 59.7 Å². The lowest BCUT2D eigenvalue weighted by Crippen LogP contribution is -2.25. The van der Waals surface area contributed by atoms with E-state index in [4.69, 9.17) is 15.2 Å². The zero-order chi connectivity index (χ0) is 17.0. The minimum absolute atomic E-state index is 0.0100. The van der Waals surface area contributed by atoms with Crippen LogP contribution in [0.1, 0.15) is 24.0 Å². The molecule has 2 rings (SSSR count). The second kappa shape index (κ2) is 6.84. The molecule has 0 fully saturated rings. The highest BCUT2D eigenvalue weighted by molar-refractivity contribution is 5.92. The standard InChI is InChI=1S/C18H18N2O3/c1-4-9-22-18(21)15-12(3)23-17(20)14(10-19)16(15)13-7-5-11(2)6-8-13/h4-8,16H,1,9,20H2,2-3H3/t16-/m1/s1. The van der Waals surface area contributed by atoms with Gasteiger partial charge in [-0.05, 0) is 19.4 Å². The van der Waals surface area contributed by atoms with Crippen LogP contribution in [0.3, 0.4) is 0 Å². The maximum absolute atomic E-state index is 12.4. The van der Waals surface area contributed by atoms with E-state index in [9.17, 15) is 10.1 Å². The van der Waals surface area contributed by atoms with Crippen molar-refractivity contribution in [2.24, 2.45) is 5.73 Å². The first-order chi connectivity index (χ1) is 11.0. The fourth-order valence-electron chi connectivity index (χ4n) is 2.45. The first kappa shape index (κ1) is 16.4. The SMILES string of the molecule is C=CCOC(=O)C1=C(C)OC(N)=C(C#N)[C@H]1c1ccc(C)cc1. The molecule has 118 valence electrons. The number of carbonyl (C=O) groups is 1. The second-order valence-corrected chi connectivity index (χ2v) is 5.19. The molecule has 1 aromatic carbocycles. The fraction of sp³-hybridized carbons (Fsp3) is 0.222. The lowest BCUT2D eigenvalue weighted by atomic mass is 9.83. The molecule has 0 aromatic heterocycles. The van der Waals surface area contributed by atoms with E-state index < -0.39 is 11.9 Å². The Morgan fingerprint density at radius 3 is 2.65 bits per heavy atom. The monoisotopic (exact) mass is 310 g/mol. The summed E-state index contributed by atoms with van der Waals surface area (Å²) in [4.78, 5) is 12.4. The number of allylic oxidation sites excluding steroid dienone is 2. The Kier molecular flexibility index (Phi) is 4.87. The summed E-state index contributed by atoms with van der Waals surface area (Å²) in [5.74, 6) is -0.808. The molecule has 0 saturated heterocycles. The number of nitrogens with two attached hydrogens (primary N) is 1. The quantitative estimate of drug-likeness (QED) is 0.682. The summed E-state index contributed by atoms with van der Waals surface area (Å²) >= 11 is 0. The number of hydrogen-bond acceptors (Lipinski definition) is 5. The van der Waals surface area contributed by atoms with Gasteiger partial charge < -0.3 is 15.2 Å². The van der Waals surface area contributed by atoms with Crippen LogP contribution < -0.4 is 5.73 Å². The molecule has 0 bridgehead atoms. The molecule has 0 radical (unpaired) electrons. The van der Waals surface area contributed by atoms with Gasteiger partial charge in [-0.3, -0.25) is 0 Å². The Bertz CT molecular complexity index is 737. The predicted octanol–water partition coefficient (Wildman–Crippen LogP) is 2.81. The van der Waals surface area contributed by atoms with Gasteiger partial charge in [0.1, 0.15) is 24.0 Å². The molecule has 0 spiro atoms. The predicted molar refractivity (Wildman–Crippen MR) is 85.7 cm³/mol.